The number of pyridine rings is 1. The molecular formula is C10H10ClN3O2. The predicted molar refractivity (Wildman–Crippen MR) is 58.5 cm³/mol. The van der Waals surface area contributed by atoms with Gasteiger partial charge in [0.25, 0.3) is 5.89 Å². The topological polar surface area (TPSA) is 61.0 Å². The maximum Gasteiger partial charge on any atom is 0.251 e. The second kappa shape index (κ2) is 4.94. The molecule has 2 aromatic rings. The number of halogens is 1. The molecule has 0 aromatic carbocycles. The van der Waals surface area contributed by atoms with Gasteiger partial charge in [0.15, 0.2) is 0 Å². The van der Waals surface area contributed by atoms with Crippen LogP contribution in [0.25, 0.3) is 11.5 Å². The van der Waals surface area contributed by atoms with Crippen LogP contribution < -0.4 is 4.74 Å². The Morgan fingerprint density at radius 1 is 1.44 bits per heavy atom. The van der Waals surface area contributed by atoms with Crippen LogP contribution in [0.2, 0.25) is 0 Å². The molecule has 0 amide bonds. The predicted octanol–water partition coefficient (Wildman–Crippen LogP) is 1.92. The summed E-state index contributed by atoms with van der Waals surface area (Å²) < 4.78 is 10.6. The highest BCUT2D eigenvalue weighted by Gasteiger charge is 2.12. The van der Waals surface area contributed by atoms with E-state index in [-0.39, 0.29) is 0 Å². The van der Waals surface area contributed by atoms with Gasteiger partial charge in [-0.3, -0.25) is 4.98 Å². The number of nitrogens with zero attached hydrogens (tertiary/aromatic N) is 3. The van der Waals surface area contributed by atoms with E-state index in [1.165, 1.54) is 0 Å². The Kier molecular flexibility index (Phi) is 3.36. The number of rotatable bonds is 4. The molecule has 0 fully saturated rings. The van der Waals surface area contributed by atoms with E-state index in [1.54, 1.807) is 25.6 Å². The van der Waals surface area contributed by atoms with Crippen molar-refractivity contribution in [2.75, 3.05) is 13.0 Å². The third-order valence-electron chi connectivity index (χ3n) is 2.01. The first kappa shape index (κ1) is 10.9. The minimum absolute atomic E-state index is 0.416. The highest BCUT2D eigenvalue weighted by Crippen LogP contribution is 2.27. The normalized spacial score (nSPS) is 10.4. The summed E-state index contributed by atoms with van der Waals surface area (Å²) in [6, 6.07) is 1.76. The second-order valence-corrected chi connectivity index (χ2v) is 3.39. The molecule has 6 heteroatoms. The Labute approximate surface area is 97.4 Å². The van der Waals surface area contributed by atoms with Crippen molar-refractivity contribution in [2.45, 2.75) is 6.42 Å². The monoisotopic (exact) mass is 239 g/mol. The van der Waals surface area contributed by atoms with Gasteiger partial charge in [-0.25, -0.2) is 0 Å². The van der Waals surface area contributed by atoms with E-state index in [1.807, 2.05) is 0 Å². The molecule has 0 saturated heterocycles. The van der Waals surface area contributed by atoms with E-state index in [2.05, 4.69) is 15.2 Å². The van der Waals surface area contributed by atoms with Crippen molar-refractivity contribution < 1.29 is 9.15 Å². The fourth-order valence-electron chi connectivity index (χ4n) is 1.26. The molecule has 16 heavy (non-hydrogen) atoms. The quantitative estimate of drug-likeness (QED) is 0.763. The van der Waals surface area contributed by atoms with Gasteiger partial charge in [0.2, 0.25) is 5.89 Å². The number of alkyl halides is 1. The van der Waals surface area contributed by atoms with Crippen molar-refractivity contribution in [1.29, 1.82) is 0 Å². The van der Waals surface area contributed by atoms with Crippen LogP contribution in [-0.4, -0.2) is 28.2 Å². The summed E-state index contributed by atoms with van der Waals surface area (Å²) in [7, 11) is 1.57. The lowest BCUT2D eigenvalue weighted by Crippen LogP contribution is -1.88. The van der Waals surface area contributed by atoms with Crippen molar-refractivity contribution in [3.8, 4) is 17.2 Å². The van der Waals surface area contributed by atoms with Gasteiger partial charge < -0.3 is 9.15 Å². The summed E-state index contributed by atoms with van der Waals surface area (Å²) in [5.74, 6) is 1.99. The number of hydrogen-bond acceptors (Lipinski definition) is 5. The van der Waals surface area contributed by atoms with Crippen molar-refractivity contribution in [2.24, 2.45) is 0 Å². The lowest BCUT2D eigenvalue weighted by Gasteiger charge is -2.02. The molecule has 0 bridgehead atoms. The van der Waals surface area contributed by atoms with E-state index in [9.17, 15) is 0 Å². The minimum Gasteiger partial charge on any atom is -0.494 e. The van der Waals surface area contributed by atoms with E-state index < -0.39 is 0 Å². The molecule has 0 spiro atoms. The van der Waals surface area contributed by atoms with E-state index in [0.717, 1.165) is 5.56 Å². The highest BCUT2D eigenvalue weighted by molar-refractivity contribution is 6.17. The molecule has 0 aliphatic heterocycles. The summed E-state index contributed by atoms with van der Waals surface area (Å²) in [5.41, 5.74) is 0.728. The van der Waals surface area contributed by atoms with Gasteiger partial charge in [-0.05, 0) is 6.07 Å². The molecule has 5 nitrogen and oxygen atoms in total. The van der Waals surface area contributed by atoms with Crippen molar-refractivity contribution >= 4 is 11.6 Å². The summed E-state index contributed by atoms with van der Waals surface area (Å²) in [5, 5.41) is 7.81. The number of aromatic nitrogens is 3. The van der Waals surface area contributed by atoms with Crippen LogP contribution in [0, 0.1) is 0 Å². The van der Waals surface area contributed by atoms with Gasteiger partial charge in [0.05, 0.1) is 18.9 Å². The molecule has 84 valence electrons. The first-order chi connectivity index (χ1) is 7.85. The molecule has 2 aromatic heterocycles. The van der Waals surface area contributed by atoms with E-state index in [4.69, 9.17) is 20.8 Å². The number of aryl methyl sites for hydroxylation is 1. The first-order valence-corrected chi connectivity index (χ1v) is 5.25. The van der Waals surface area contributed by atoms with Crippen LogP contribution in [0.15, 0.2) is 22.9 Å². The highest BCUT2D eigenvalue weighted by atomic mass is 35.5. The summed E-state index contributed by atoms with van der Waals surface area (Å²) in [6.45, 7) is 0. The van der Waals surface area contributed by atoms with Crippen molar-refractivity contribution in [3.05, 3.63) is 24.4 Å². The molecule has 0 aliphatic carbocycles. The standard InChI is InChI=1S/C10H10ClN3O2/c1-15-8-6-12-5-3-7(8)10-14-13-9(16-10)2-4-11/h3,5-6H,2,4H2,1H3. The Hall–Kier alpha value is -1.62. The lowest BCUT2D eigenvalue weighted by molar-refractivity contribution is 0.411. The number of ether oxygens (including phenoxy) is 1. The minimum atomic E-state index is 0.416. The average molecular weight is 240 g/mol. The zero-order valence-electron chi connectivity index (χ0n) is 8.68. The van der Waals surface area contributed by atoms with Gasteiger partial charge in [0, 0.05) is 18.5 Å². The first-order valence-electron chi connectivity index (χ1n) is 4.72. The molecule has 2 rings (SSSR count). The van der Waals surface area contributed by atoms with Crippen LogP contribution >= 0.6 is 11.6 Å². The lowest BCUT2D eigenvalue weighted by atomic mass is 10.2. The molecule has 2 heterocycles. The molecule has 0 saturated carbocycles. The number of methoxy groups -OCH3 is 1. The summed E-state index contributed by atoms with van der Waals surface area (Å²) >= 11 is 5.59. The Morgan fingerprint density at radius 3 is 3.06 bits per heavy atom. The van der Waals surface area contributed by atoms with Crippen LogP contribution in [0.3, 0.4) is 0 Å². The molecule has 0 atom stereocenters. The van der Waals surface area contributed by atoms with Crippen LogP contribution in [0.4, 0.5) is 0 Å². The molecule has 0 radical (unpaired) electrons. The van der Waals surface area contributed by atoms with Gasteiger partial charge in [-0.2, -0.15) is 0 Å². The third-order valence-corrected chi connectivity index (χ3v) is 2.20. The number of hydrogen-bond donors (Lipinski definition) is 0. The SMILES string of the molecule is COc1cnccc1-c1nnc(CCCl)o1. The van der Waals surface area contributed by atoms with Crippen LogP contribution in [-0.2, 0) is 6.42 Å². The fourth-order valence-corrected chi connectivity index (χ4v) is 1.43. The fraction of sp³-hybridized carbons (Fsp3) is 0.300. The van der Waals surface area contributed by atoms with E-state index in [0.29, 0.717) is 29.8 Å². The smallest absolute Gasteiger partial charge is 0.251 e. The zero-order chi connectivity index (χ0) is 11.4. The van der Waals surface area contributed by atoms with Gasteiger partial charge in [-0.1, -0.05) is 0 Å². The Balaban J connectivity index is 2.34. The van der Waals surface area contributed by atoms with Crippen LogP contribution in [0.5, 0.6) is 5.75 Å². The summed E-state index contributed by atoms with van der Waals surface area (Å²) in [6.07, 6.45) is 3.80. The van der Waals surface area contributed by atoms with E-state index >= 15 is 0 Å². The second-order valence-electron chi connectivity index (χ2n) is 3.02. The molecular weight excluding hydrogens is 230 g/mol. The van der Waals surface area contributed by atoms with Crippen molar-refractivity contribution in [3.63, 3.8) is 0 Å². The molecule has 0 aliphatic rings. The summed E-state index contributed by atoms with van der Waals surface area (Å²) in [4.78, 5) is 3.95. The van der Waals surface area contributed by atoms with Gasteiger partial charge in [-0.15, -0.1) is 21.8 Å². The largest absolute Gasteiger partial charge is 0.494 e. The Morgan fingerprint density at radius 2 is 2.31 bits per heavy atom. The van der Waals surface area contributed by atoms with Crippen molar-refractivity contribution in [1.82, 2.24) is 15.2 Å². The molecule has 0 unspecified atom stereocenters. The molecule has 0 N–H and O–H groups in total. The average Bonchev–Trinajstić information content (AvgIpc) is 2.78. The van der Waals surface area contributed by atoms with Gasteiger partial charge >= 0.3 is 0 Å². The zero-order valence-corrected chi connectivity index (χ0v) is 9.44. The third kappa shape index (κ3) is 2.14. The maximum atomic E-state index is 5.59. The van der Waals surface area contributed by atoms with Crippen LogP contribution in [0.1, 0.15) is 5.89 Å². The van der Waals surface area contributed by atoms with Gasteiger partial charge in [0.1, 0.15) is 5.75 Å². The maximum absolute atomic E-state index is 5.59. The Bertz CT molecular complexity index is 473.